The topological polar surface area (TPSA) is 39.1 Å². The summed E-state index contributed by atoms with van der Waals surface area (Å²) in [6.45, 7) is 2.40. The molecule has 0 saturated heterocycles. The molecule has 0 unspecified atom stereocenters. The SMILES string of the molecule is Fc1ccccc1CNC[C@H]1Cn2c(-c3ccccc3)cnc2CO1. The third-order valence-corrected chi connectivity index (χ3v) is 4.49. The largest absolute Gasteiger partial charge is 0.367 e. The minimum absolute atomic E-state index is 0.0379. The highest BCUT2D eigenvalue weighted by molar-refractivity contribution is 5.59. The number of ether oxygens (including phenoxy) is 1. The van der Waals surface area contributed by atoms with Gasteiger partial charge in [0.15, 0.2) is 0 Å². The normalized spacial score (nSPS) is 16.6. The van der Waals surface area contributed by atoms with E-state index < -0.39 is 0 Å². The Balaban J connectivity index is 1.41. The van der Waals surface area contributed by atoms with Gasteiger partial charge in [-0.05, 0) is 11.6 Å². The van der Waals surface area contributed by atoms with E-state index in [4.69, 9.17) is 4.74 Å². The van der Waals surface area contributed by atoms with Crippen molar-refractivity contribution in [3.05, 3.63) is 78.0 Å². The third-order valence-electron chi connectivity index (χ3n) is 4.49. The average Bonchev–Trinajstić information content (AvgIpc) is 3.07. The zero-order valence-electron chi connectivity index (χ0n) is 13.9. The summed E-state index contributed by atoms with van der Waals surface area (Å²) in [5.41, 5.74) is 2.94. The van der Waals surface area contributed by atoms with Crippen molar-refractivity contribution in [1.82, 2.24) is 14.9 Å². The summed E-state index contributed by atoms with van der Waals surface area (Å²) in [4.78, 5) is 4.47. The van der Waals surface area contributed by atoms with E-state index in [0.717, 1.165) is 23.6 Å². The number of hydrogen-bond acceptors (Lipinski definition) is 3. The number of fused-ring (bicyclic) bond motifs is 1. The van der Waals surface area contributed by atoms with Crippen LogP contribution < -0.4 is 5.32 Å². The van der Waals surface area contributed by atoms with Crippen LogP contribution in [0.25, 0.3) is 11.3 Å². The van der Waals surface area contributed by atoms with Crippen LogP contribution in [0.15, 0.2) is 60.8 Å². The second-order valence-corrected chi connectivity index (χ2v) is 6.19. The second kappa shape index (κ2) is 7.17. The van der Waals surface area contributed by atoms with Gasteiger partial charge in [0.2, 0.25) is 0 Å². The molecule has 2 aromatic carbocycles. The molecule has 0 aliphatic carbocycles. The highest BCUT2D eigenvalue weighted by Crippen LogP contribution is 2.24. The molecule has 0 bridgehead atoms. The Labute approximate surface area is 146 Å². The van der Waals surface area contributed by atoms with Gasteiger partial charge in [-0.15, -0.1) is 0 Å². The van der Waals surface area contributed by atoms with Crippen molar-refractivity contribution in [2.45, 2.75) is 25.8 Å². The standard InChI is InChI=1S/C20H20FN3O/c21-18-9-5-4-8-16(18)10-22-11-17-13-24-19(12-23-20(24)14-25-17)15-6-2-1-3-7-15/h1-9,12,17,22H,10-11,13-14H2/t17-/m0/s1. The van der Waals surface area contributed by atoms with Gasteiger partial charge in [-0.1, -0.05) is 48.5 Å². The highest BCUT2D eigenvalue weighted by atomic mass is 19.1. The van der Waals surface area contributed by atoms with Gasteiger partial charge < -0.3 is 14.6 Å². The van der Waals surface area contributed by atoms with E-state index in [0.29, 0.717) is 25.3 Å². The predicted octanol–water partition coefficient (Wildman–Crippen LogP) is 3.38. The van der Waals surface area contributed by atoms with Crippen molar-refractivity contribution in [2.75, 3.05) is 6.54 Å². The molecule has 2 heterocycles. The Morgan fingerprint density at radius 2 is 1.92 bits per heavy atom. The van der Waals surface area contributed by atoms with Crippen molar-refractivity contribution < 1.29 is 9.13 Å². The quantitative estimate of drug-likeness (QED) is 0.776. The first-order valence-electron chi connectivity index (χ1n) is 8.47. The van der Waals surface area contributed by atoms with Gasteiger partial charge in [-0.2, -0.15) is 0 Å². The summed E-state index contributed by atoms with van der Waals surface area (Å²) < 4.78 is 21.8. The maximum atomic E-state index is 13.7. The lowest BCUT2D eigenvalue weighted by molar-refractivity contribution is 0.00322. The molecule has 3 aromatic rings. The number of hydrogen-bond donors (Lipinski definition) is 1. The number of rotatable bonds is 5. The lowest BCUT2D eigenvalue weighted by atomic mass is 10.1. The first-order valence-corrected chi connectivity index (χ1v) is 8.47. The Morgan fingerprint density at radius 1 is 1.12 bits per heavy atom. The van der Waals surface area contributed by atoms with Crippen LogP contribution >= 0.6 is 0 Å². The monoisotopic (exact) mass is 337 g/mol. The summed E-state index contributed by atoms with van der Waals surface area (Å²) in [5.74, 6) is 0.770. The van der Waals surface area contributed by atoms with Crippen molar-refractivity contribution in [3.63, 3.8) is 0 Å². The number of imidazole rings is 1. The Hall–Kier alpha value is -2.50. The average molecular weight is 337 g/mol. The summed E-state index contributed by atoms with van der Waals surface area (Å²) in [7, 11) is 0. The number of benzene rings is 2. The lowest BCUT2D eigenvalue weighted by Gasteiger charge is -2.26. The zero-order chi connectivity index (χ0) is 17.1. The number of halogens is 1. The molecule has 1 aliphatic rings. The molecule has 1 N–H and O–H groups in total. The van der Waals surface area contributed by atoms with Gasteiger partial charge >= 0.3 is 0 Å². The first-order chi connectivity index (χ1) is 12.3. The van der Waals surface area contributed by atoms with E-state index in [1.165, 1.54) is 6.07 Å². The van der Waals surface area contributed by atoms with Crippen LogP contribution in [0.1, 0.15) is 11.4 Å². The molecule has 0 saturated carbocycles. The minimum Gasteiger partial charge on any atom is -0.367 e. The second-order valence-electron chi connectivity index (χ2n) is 6.19. The maximum Gasteiger partial charge on any atom is 0.135 e. The van der Waals surface area contributed by atoms with E-state index in [-0.39, 0.29) is 11.9 Å². The minimum atomic E-state index is -0.178. The van der Waals surface area contributed by atoms with Crippen molar-refractivity contribution >= 4 is 0 Å². The highest BCUT2D eigenvalue weighted by Gasteiger charge is 2.22. The number of nitrogens with zero attached hydrogens (tertiary/aromatic N) is 2. The molecule has 1 aliphatic heterocycles. The van der Waals surface area contributed by atoms with Crippen molar-refractivity contribution in [2.24, 2.45) is 0 Å². The van der Waals surface area contributed by atoms with Crippen molar-refractivity contribution in [1.29, 1.82) is 0 Å². The summed E-state index contributed by atoms with van der Waals surface area (Å²) in [6, 6.07) is 17.1. The van der Waals surface area contributed by atoms with Gasteiger partial charge in [0, 0.05) is 18.7 Å². The molecule has 4 nitrogen and oxygen atoms in total. The van der Waals surface area contributed by atoms with Gasteiger partial charge in [0.1, 0.15) is 18.2 Å². The Kier molecular flexibility index (Phi) is 4.59. The fourth-order valence-corrected chi connectivity index (χ4v) is 3.15. The van der Waals surface area contributed by atoms with Crippen LogP contribution in [-0.2, 0) is 24.4 Å². The van der Waals surface area contributed by atoms with E-state index >= 15 is 0 Å². The van der Waals surface area contributed by atoms with Crippen LogP contribution in [0.4, 0.5) is 4.39 Å². The molecule has 0 radical (unpaired) electrons. The zero-order valence-corrected chi connectivity index (χ0v) is 13.9. The molecule has 1 atom stereocenters. The Morgan fingerprint density at radius 3 is 2.76 bits per heavy atom. The molecular formula is C20H20FN3O. The third kappa shape index (κ3) is 3.48. The van der Waals surface area contributed by atoms with E-state index in [9.17, 15) is 4.39 Å². The van der Waals surface area contributed by atoms with Crippen LogP contribution in [-0.4, -0.2) is 22.2 Å². The fraction of sp³-hybridized carbons (Fsp3) is 0.250. The Bertz CT molecular complexity index is 847. The van der Waals surface area contributed by atoms with Gasteiger partial charge in [0.25, 0.3) is 0 Å². The van der Waals surface area contributed by atoms with Crippen LogP contribution in [0, 0.1) is 5.82 Å². The van der Waals surface area contributed by atoms with Gasteiger partial charge in [0.05, 0.1) is 24.5 Å². The van der Waals surface area contributed by atoms with Crippen molar-refractivity contribution in [3.8, 4) is 11.3 Å². The number of aromatic nitrogens is 2. The molecule has 1 aromatic heterocycles. The smallest absolute Gasteiger partial charge is 0.135 e. The van der Waals surface area contributed by atoms with Gasteiger partial charge in [-0.3, -0.25) is 0 Å². The van der Waals surface area contributed by atoms with Crippen LogP contribution in [0.5, 0.6) is 0 Å². The maximum absolute atomic E-state index is 13.7. The predicted molar refractivity (Wildman–Crippen MR) is 94.3 cm³/mol. The lowest BCUT2D eigenvalue weighted by Crippen LogP contribution is -2.36. The van der Waals surface area contributed by atoms with Gasteiger partial charge in [-0.25, -0.2) is 9.37 Å². The molecule has 128 valence electrons. The summed E-state index contributed by atoms with van der Waals surface area (Å²) in [5, 5.41) is 3.30. The molecule has 5 heteroatoms. The van der Waals surface area contributed by atoms with E-state index in [1.807, 2.05) is 30.5 Å². The summed E-state index contributed by atoms with van der Waals surface area (Å²) >= 11 is 0. The number of nitrogens with one attached hydrogen (secondary N) is 1. The van der Waals surface area contributed by atoms with E-state index in [2.05, 4.69) is 27.0 Å². The molecular weight excluding hydrogens is 317 g/mol. The first kappa shape index (κ1) is 16.0. The van der Waals surface area contributed by atoms with E-state index in [1.54, 1.807) is 12.1 Å². The van der Waals surface area contributed by atoms with Crippen LogP contribution in [0.2, 0.25) is 0 Å². The molecule has 0 fully saturated rings. The molecule has 0 amide bonds. The summed E-state index contributed by atoms with van der Waals surface area (Å²) in [6.07, 6.45) is 1.94. The fourth-order valence-electron chi connectivity index (χ4n) is 3.15. The molecule has 25 heavy (non-hydrogen) atoms. The molecule has 4 rings (SSSR count). The van der Waals surface area contributed by atoms with Crippen LogP contribution in [0.3, 0.4) is 0 Å². The molecule has 0 spiro atoms.